The largest absolute Gasteiger partial charge is 0.330 e. The van der Waals surface area contributed by atoms with Gasteiger partial charge in [-0.2, -0.15) is 0 Å². The zero-order chi connectivity index (χ0) is 20.9. The molecule has 1 atom stereocenters. The van der Waals surface area contributed by atoms with Crippen molar-refractivity contribution in [1.29, 1.82) is 0 Å². The van der Waals surface area contributed by atoms with Crippen molar-refractivity contribution in [3.8, 4) is 21.8 Å². The van der Waals surface area contributed by atoms with Crippen LogP contribution in [0.1, 0.15) is 6.92 Å². The number of hydrogen-bond donors (Lipinski definition) is 2. The molecule has 2 N–H and O–H groups in total. The van der Waals surface area contributed by atoms with E-state index in [0.717, 1.165) is 32.3 Å². The Morgan fingerprint density at radius 3 is 2.40 bits per heavy atom. The maximum atomic E-state index is 4.81. The van der Waals surface area contributed by atoms with Crippen molar-refractivity contribution < 1.29 is 0 Å². The van der Waals surface area contributed by atoms with Crippen LogP contribution >= 0.6 is 11.3 Å². The smallest absolute Gasteiger partial charge is 0.227 e. The van der Waals surface area contributed by atoms with Crippen molar-refractivity contribution in [2.75, 3.05) is 19.4 Å². The second-order valence-electron chi connectivity index (χ2n) is 7.08. The molecule has 2 heterocycles. The Bertz CT molecular complexity index is 1170. The Morgan fingerprint density at radius 2 is 1.70 bits per heavy atom. The summed E-state index contributed by atoms with van der Waals surface area (Å²) in [4.78, 5) is 21.4. The van der Waals surface area contributed by atoms with Gasteiger partial charge in [0, 0.05) is 11.9 Å². The fourth-order valence-corrected chi connectivity index (χ4v) is 3.91. The Hall–Kier alpha value is -3.29. The van der Waals surface area contributed by atoms with Crippen molar-refractivity contribution in [3.05, 3.63) is 77.7 Å². The molecule has 0 aliphatic rings. The molecule has 0 fully saturated rings. The number of H-pyrrole nitrogens is 1. The summed E-state index contributed by atoms with van der Waals surface area (Å²) < 4.78 is 0. The van der Waals surface area contributed by atoms with E-state index >= 15 is 0 Å². The van der Waals surface area contributed by atoms with E-state index in [1.54, 1.807) is 17.5 Å². The van der Waals surface area contributed by atoms with E-state index in [-0.39, 0.29) is 6.17 Å². The van der Waals surface area contributed by atoms with Crippen LogP contribution in [-0.4, -0.2) is 40.1 Å². The molecule has 2 aromatic carbocycles. The monoisotopic (exact) mass is 416 g/mol. The molecule has 0 aliphatic heterocycles. The fourth-order valence-electron chi connectivity index (χ4n) is 2.87. The molecule has 0 amide bonds. The van der Waals surface area contributed by atoms with Crippen molar-refractivity contribution in [1.82, 2.24) is 19.9 Å². The van der Waals surface area contributed by atoms with Crippen molar-refractivity contribution in [2.45, 2.75) is 13.1 Å². The first-order valence-corrected chi connectivity index (χ1v) is 10.6. The number of nitrogens with one attached hydrogen (secondary N) is 2. The van der Waals surface area contributed by atoms with E-state index < -0.39 is 0 Å². The highest BCUT2D eigenvalue weighted by molar-refractivity contribution is 7.13. The van der Waals surface area contributed by atoms with Crippen molar-refractivity contribution in [2.24, 2.45) is 4.99 Å². The lowest BCUT2D eigenvalue weighted by Gasteiger charge is -2.13. The quantitative estimate of drug-likeness (QED) is 0.476. The van der Waals surface area contributed by atoms with Gasteiger partial charge in [-0.25, -0.2) is 15.0 Å². The first-order valence-electron chi connectivity index (χ1n) is 9.74. The number of benzene rings is 2. The summed E-state index contributed by atoms with van der Waals surface area (Å²) in [6.07, 6.45) is 1.85. The average Bonchev–Trinajstić information content (AvgIpc) is 3.19. The van der Waals surface area contributed by atoms with Gasteiger partial charge >= 0.3 is 0 Å². The van der Waals surface area contributed by atoms with Gasteiger partial charge in [0.1, 0.15) is 6.17 Å². The standard InChI is InChI=1S/C23H24N6S/c1-16(29(2)3)25-23-28-20(17-10-6-4-7-11-17)21(30-23)19-14-15-24-22(27-19)26-18-12-8-5-9-13-18/h4-16H,1-3H3,(H,25,28)(H,24,26,27). The summed E-state index contributed by atoms with van der Waals surface area (Å²) in [7, 11) is 4.04. The summed E-state index contributed by atoms with van der Waals surface area (Å²) in [6, 6.07) is 22.1. The molecule has 0 aliphatic carbocycles. The highest BCUT2D eigenvalue weighted by Gasteiger charge is 2.14. The molecule has 152 valence electrons. The zero-order valence-electron chi connectivity index (χ0n) is 17.2. The number of rotatable bonds is 6. The summed E-state index contributed by atoms with van der Waals surface area (Å²) in [5.74, 6) is 0.561. The van der Waals surface area contributed by atoms with E-state index in [0.29, 0.717) is 5.95 Å². The van der Waals surface area contributed by atoms with Gasteiger partial charge < -0.3 is 10.3 Å². The fraction of sp³-hybridized carbons (Fsp3) is 0.174. The normalized spacial score (nSPS) is 12.9. The molecule has 2 aromatic heterocycles. The third kappa shape index (κ3) is 4.64. The third-order valence-electron chi connectivity index (χ3n) is 4.69. The van der Waals surface area contributed by atoms with Crippen LogP contribution in [0, 0.1) is 0 Å². The maximum absolute atomic E-state index is 4.81. The molecule has 6 nitrogen and oxygen atoms in total. The molecular formula is C23H24N6S. The first kappa shape index (κ1) is 20.0. The van der Waals surface area contributed by atoms with E-state index in [9.17, 15) is 0 Å². The van der Waals surface area contributed by atoms with Crippen LogP contribution in [0.25, 0.3) is 21.8 Å². The SMILES string of the molecule is CC(/N=c1\[nH]c(-c2ccccc2)c(-c2ccnc(Nc3ccccc3)n2)s1)N(C)C. The minimum atomic E-state index is 0.0667. The summed E-state index contributed by atoms with van der Waals surface area (Å²) in [5, 5.41) is 3.27. The molecule has 1 unspecified atom stereocenters. The topological polar surface area (TPSA) is 69.2 Å². The van der Waals surface area contributed by atoms with Gasteiger partial charge in [0.05, 0.1) is 16.3 Å². The molecular weight excluding hydrogens is 392 g/mol. The van der Waals surface area contributed by atoms with Crippen LogP contribution in [-0.2, 0) is 0 Å². The third-order valence-corrected chi connectivity index (χ3v) is 5.71. The summed E-state index contributed by atoms with van der Waals surface area (Å²) in [6.45, 7) is 2.07. The zero-order valence-corrected chi connectivity index (χ0v) is 18.0. The summed E-state index contributed by atoms with van der Waals surface area (Å²) >= 11 is 1.60. The van der Waals surface area contributed by atoms with Crippen molar-refractivity contribution in [3.63, 3.8) is 0 Å². The molecule has 4 rings (SSSR count). The molecule has 7 heteroatoms. The van der Waals surface area contributed by atoms with Gasteiger partial charge in [-0.15, -0.1) is 0 Å². The molecule has 0 saturated carbocycles. The Balaban J connectivity index is 1.78. The Morgan fingerprint density at radius 1 is 1.00 bits per heavy atom. The molecule has 30 heavy (non-hydrogen) atoms. The predicted octanol–water partition coefficient (Wildman–Crippen LogP) is 4.75. The number of hydrogen-bond acceptors (Lipinski definition) is 6. The van der Waals surface area contributed by atoms with Gasteiger partial charge in [0.2, 0.25) is 5.95 Å². The van der Waals surface area contributed by atoms with E-state index in [1.807, 2.05) is 68.7 Å². The molecule has 0 saturated heterocycles. The molecule has 0 radical (unpaired) electrons. The molecule has 4 aromatic rings. The second-order valence-corrected chi connectivity index (χ2v) is 8.08. The lowest BCUT2D eigenvalue weighted by molar-refractivity contribution is 0.319. The van der Waals surface area contributed by atoms with Gasteiger partial charge in [-0.1, -0.05) is 59.9 Å². The summed E-state index contributed by atoms with van der Waals surface area (Å²) in [5.41, 5.74) is 3.90. The number of nitrogens with zero attached hydrogens (tertiary/aromatic N) is 4. The van der Waals surface area contributed by atoms with Crippen LogP contribution < -0.4 is 10.1 Å². The molecule has 0 bridgehead atoms. The lowest BCUT2D eigenvalue weighted by atomic mass is 10.1. The highest BCUT2D eigenvalue weighted by atomic mass is 32.1. The Kier molecular flexibility index (Phi) is 6.02. The minimum Gasteiger partial charge on any atom is -0.330 e. The average molecular weight is 417 g/mol. The first-order chi connectivity index (χ1) is 14.6. The van der Waals surface area contributed by atoms with Gasteiger partial charge in [0.15, 0.2) is 4.80 Å². The molecule has 0 spiro atoms. The van der Waals surface area contributed by atoms with E-state index in [4.69, 9.17) is 9.98 Å². The number of aromatic amines is 1. The minimum absolute atomic E-state index is 0.0667. The van der Waals surface area contributed by atoms with Crippen LogP contribution in [0.5, 0.6) is 0 Å². The number of thiazole rings is 1. The van der Waals surface area contributed by atoms with E-state index in [1.165, 1.54) is 0 Å². The predicted molar refractivity (Wildman–Crippen MR) is 124 cm³/mol. The van der Waals surface area contributed by atoms with Crippen LogP contribution in [0.15, 0.2) is 77.9 Å². The van der Waals surface area contributed by atoms with Gasteiger partial charge in [0.25, 0.3) is 0 Å². The van der Waals surface area contributed by atoms with Crippen molar-refractivity contribution >= 4 is 23.0 Å². The van der Waals surface area contributed by atoms with Crippen LogP contribution in [0.4, 0.5) is 11.6 Å². The lowest BCUT2D eigenvalue weighted by Crippen LogP contribution is -2.24. The number of anilines is 2. The van der Waals surface area contributed by atoms with Crippen LogP contribution in [0.3, 0.4) is 0 Å². The second kappa shape index (κ2) is 9.02. The van der Waals surface area contributed by atoms with Gasteiger partial charge in [-0.3, -0.25) is 4.90 Å². The maximum Gasteiger partial charge on any atom is 0.227 e. The Labute approximate surface area is 180 Å². The van der Waals surface area contributed by atoms with Gasteiger partial charge in [-0.05, 0) is 44.8 Å². The number of para-hydroxylation sites is 1. The highest BCUT2D eigenvalue weighted by Crippen LogP contribution is 2.32. The number of aromatic nitrogens is 3. The van der Waals surface area contributed by atoms with E-state index in [2.05, 4.69) is 39.2 Å². The van der Waals surface area contributed by atoms with Crippen LogP contribution in [0.2, 0.25) is 0 Å².